The predicted octanol–water partition coefficient (Wildman–Crippen LogP) is 4.41. The first-order valence-corrected chi connectivity index (χ1v) is 6.33. The van der Waals surface area contributed by atoms with Gasteiger partial charge in [-0.1, -0.05) is 35.3 Å². The minimum atomic E-state index is -1.15. The molecule has 1 N–H and O–H groups in total. The van der Waals surface area contributed by atoms with Crippen LogP contribution in [0.1, 0.15) is 15.9 Å². The highest BCUT2D eigenvalue weighted by molar-refractivity contribution is 6.32. The summed E-state index contributed by atoms with van der Waals surface area (Å²) < 4.78 is 18.7. The van der Waals surface area contributed by atoms with Crippen molar-refractivity contribution in [1.29, 1.82) is 0 Å². The average molecular weight is 315 g/mol. The number of ether oxygens (including phenoxy) is 1. The second-order valence-corrected chi connectivity index (χ2v) is 4.77. The van der Waals surface area contributed by atoms with Gasteiger partial charge in [0.1, 0.15) is 18.0 Å². The van der Waals surface area contributed by atoms with Gasteiger partial charge in [-0.3, -0.25) is 0 Å². The zero-order valence-electron chi connectivity index (χ0n) is 10.1. The summed E-state index contributed by atoms with van der Waals surface area (Å²) in [6.07, 6.45) is 0. The quantitative estimate of drug-likeness (QED) is 0.909. The molecule has 0 radical (unpaired) electrons. The molecule has 0 heterocycles. The monoisotopic (exact) mass is 314 g/mol. The van der Waals surface area contributed by atoms with Crippen LogP contribution in [0, 0.1) is 5.82 Å². The smallest absolute Gasteiger partial charge is 0.339 e. The van der Waals surface area contributed by atoms with Crippen molar-refractivity contribution in [3.8, 4) is 5.75 Å². The molecule has 104 valence electrons. The van der Waals surface area contributed by atoms with Gasteiger partial charge in [0.05, 0.1) is 10.0 Å². The normalized spacial score (nSPS) is 10.3. The molecule has 6 heteroatoms. The highest BCUT2D eigenvalue weighted by atomic mass is 35.5. The Hall–Kier alpha value is -1.78. The number of para-hydroxylation sites is 1. The van der Waals surface area contributed by atoms with E-state index in [4.69, 9.17) is 33.0 Å². The van der Waals surface area contributed by atoms with Crippen LogP contribution in [0.2, 0.25) is 10.0 Å². The van der Waals surface area contributed by atoms with Crippen molar-refractivity contribution in [3.63, 3.8) is 0 Å². The summed E-state index contributed by atoms with van der Waals surface area (Å²) >= 11 is 11.5. The molecule has 0 aliphatic heterocycles. The molecule has 0 aliphatic rings. The van der Waals surface area contributed by atoms with Gasteiger partial charge < -0.3 is 9.84 Å². The first-order chi connectivity index (χ1) is 9.49. The van der Waals surface area contributed by atoms with Crippen LogP contribution in [-0.2, 0) is 6.61 Å². The van der Waals surface area contributed by atoms with Crippen LogP contribution in [0.5, 0.6) is 5.75 Å². The van der Waals surface area contributed by atoms with Crippen LogP contribution in [0.25, 0.3) is 0 Å². The first kappa shape index (κ1) is 14.6. The van der Waals surface area contributed by atoms with E-state index >= 15 is 0 Å². The predicted molar refractivity (Wildman–Crippen MR) is 74.2 cm³/mol. The third-order valence-electron chi connectivity index (χ3n) is 2.56. The Balaban J connectivity index is 2.22. The lowest BCUT2D eigenvalue weighted by atomic mass is 10.2. The SMILES string of the molecule is O=C(O)c1cccc(Cl)c1OCc1ccc(Cl)c(F)c1. The molecule has 0 aliphatic carbocycles. The lowest BCUT2D eigenvalue weighted by molar-refractivity contribution is 0.0691. The summed E-state index contributed by atoms with van der Waals surface area (Å²) in [7, 11) is 0. The lowest BCUT2D eigenvalue weighted by Crippen LogP contribution is -2.04. The van der Waals surface area contributed by atoms with Gasteiger partial charge in [-0.05, 0) is 29.8 Å². The molecular formula is C14H9Cl2FO3. The number of rotatable bonds is 4. The molecule has 0 unspecified atom stereocenters. The topological polar surface area (TPSA) is 46.5 Å². The zero-order valence-corrected chi connectivity index (χ0v) is 11.6. The standard InChI is InChI=1S/C14H9Cl2FO3/c15-10-5-4-8(6-12(10)17)7-20-13-9(14(18)19)2-1-3-11(13)16/h1-6H,7H2,(H,18,19). The summed E-state index contributed by atoms with van der Waals surface area (Å²) in [4.78, 5) is 11.1. The fourth-order valence-electron chi connectivity index (χ4n) is 1.61. The molecule has 2 aromatic carbocycles. The van der Waals surface area contributed by atoms with Crippen LogP contribution in [0.15, 0.2) is 36.4 Å². The Kier molecular flexibility index (Phi) is 4.47. The molecule has 0 saturated heterocycles. The zero-order chi connectivity index (χ0) is 14.7. The number of benzene rings is 2. The molecule has 0 atom stereocenters. The molecule has 2 aromatic rings. The van der Waals surface area contributed by atoms with Gasteiger partial charge >= 0.3 is 5.97 Å². The Morgan fingerprint density at radius 3 is 2.60 bits per heavy atom. The van der Waals surface area contributed by atoms with Crippen molar-refractivity contribution in [2.75, 3.05) is 0 Å². The minimum Gasteiger partial charge on any atom is -0.486 e. The third-order valence-corrected chi connectivity index (χ3v) is 3.17. The average Bonchev–Trinajstić information content (AvgIpc) is 2.40. The van der Waals surface area contributed by atoms with E-state index < -0.39 is 11.8 Å². The highest BCUT2D eigenvalue weighted by Crippen LogP contribution is 2.29. The summed E-state index contributed by atoms with van der Waals surface area (Å²) in [5, 5.41) is 9.24. The summed E-state index contributed by atoms with van der Waals surface area (Å²) in [5.74, 6) is -1.66. The van der Waals surface area contributed by atoms with Gasteiger partial charge in [0.15, 0.2) is 5.75 Å². The van der Waals surface area contributed by atoms with Gasteiger partial charge in [0.25, 0.3) is 0 Å². The van der Waals surface area contributed by atoms with Crippen molar-refractivity contribution in [3.05, 3.63) is 63.4 Å². The van der Waals surface area contributed by atoms with Gasteiger partial charge in [0.2, 0.25) is 0 Å². The van der Waals surface area contributed by atoms with E-state index in [9.17, 15) is 9.18 Å². The van der Waals surface area contributed by atoms with E-state index in [1.165, 1.54) is 30.3 Å². The Morgan fingerprint density at radius 1 is 1.20 bits per heavy atom. The van der Waals surface area contributed by atoms with Crippen LogP contribution >= 0.6 is 23.2 Å². The largest absolute Gasteiger partial charge is 0.486 e. The van der Waals surface area contributed by atoms with Crippen molar-refractivity contribution in [2.45, 2.75) is 6.61 Å². The number of aromatic carboxylic acids is 1. The fraction of sp³-hybridized carbons (Fsp3) is 0.0714. The van der Waals surface area contributed by atoms with Crippen molar-refractivity contribution < 1.29 is 19.0 Å². The fourth-order valence-corrected chi connectivity index (χ4v) is 1.96. The summed E-state index contributed by atoms with van der Waals surface area (Å²) in [6.45, 7) is -0.0158. The number of carbonyl (C=O) groups is 1. The maximum Gasteiger partial charge on any atom is 0.339 e. The second kappa shape index (κ2) is 6.11. The molecule has 2 rings (SSSR count). The highest BCUT2D eigenvalue weighted by Gasteiger charge is 2.14. The second-order valence-electron chi connectivity index (χ2n) is 3.96. The molecule has 0 amide bonds. The molecule has 3 nitrogen and oxygen atoms in total. The number of carboxylic acids is 1. The maximum absolute atomic E-state index is 13.3. The van der Waals surface area contributed by atoms with E-state index in [0.29, 0.717) is 5.56 Å². The van der Waals surface area contributed by atoms with Gasteiger partial charge in [0, 0.05) is 0 Å². The molecule has 0 aromatic heterocycles. The van der Waals surface area contributed by atoms with Crippen molar-refractivity contribution in [2.24, 2.45) is 0 Å². The molecule has 0 fully saturated rings. The van der Waals surface area contributed by atoms with E-state index in [1.54, 1.807) is 6.07 Å². The Labute approximate surface area is 124 Å². The maximum atomic E-state index is 13.3. The van der Waals surface area contributed by atoms with Gasteiger partial charge in [-0.15, -0.1) is 0 Å². The first-order valence-electron chi connectivity index (χ1n) is 5.57. The van der Waals surface area contributed by atoms with Gasteiger partial charge in [-0.2, -0.15) is 0 Å². The molecule has 0 bridgehead atoms. The van der Waals surface area contributed by atoms with Crippen molar-refractivity contribution in [1.82, 2.24) is 0 Å². The summed E-state index contributed by atoms with van der Waals surface area (Å²) in [5.41, 5.74) is 0.468. The molecule has 20 heavy (non-hydrogen) atoms. The van der Waals surface area contributed by atoms with Crippen LogP contribution in [0.4, 0.5) is 4.39 Å². The number of hydrogen-bond acceptors (Lipinski definition) is 2. The van der Waals surface area contributed by atoms with Crippen molar-refractivity contribution >= 4 is 29.2 Å². The lowest BCUT2D eigenvalue weighted by Gasteiger charge is -2.11. The molecule has 0 saturated carbocycles. The van der Waals surface area contributed by atoms with Gasteiger partial charge in [-0.25, -0.2) is 9.18 Å². The summed E-state index contributed by atoms with van der Waals surface area (Å²) in [6, 6.07) is 8.63. The van der Waals surface area contributed by atoms with E-state index in [-0.39, 0.29) is 28.0 Å². The molecular weight excluding hydrogens is 306 g/mol. The minimum absolute atomic E-state index is 0.0118. The van der Waals surface area contributed by atoms with E-state index in [0.717, 1.165) is 0 Å². The number of hydrogen-bond donors (Lipinski definition) is 1. The molecule has 0 spiro atoms. The number of halogens is 3. The van der Waals surface area contributed by atoms with Crippen LogP contribution in [0.3, 0.4) is 0 Å². The van der Waals surface area contributed by atoms with Crippen LogP contribution < -0.4 is 4.74 Å². The Morgan fingerprint density at radius 2 is 1.95 bits per heavy atom. The van der Waals surface area contributed by atoms with E-state index in [1.807, 2.05) is 0 Å². The van der Waals surface area contributed by atoms with Crippen LogP contribution in [-0.4, -0.2) is 11.1 Å². The Bertz CT molecular complexity index is 659. The van der Waals surface area contributed by atoms with E-state index in [2.05, 4.69) is 0 Å². The number of carboxylic acid groups (broad SMARTS) is 1. The third kappa shape index (κ3) is 3.21.